The zero-order valence-electron chi connectivity index (χ0n) is 14.8. The summed E-state index contributed by atoms with van der Waals surface area (Å²) in [5.41, 5.74) is 2.64. The number of hydrogen-bond acceptors (Lipinski definition) is 5. The molecule has 1 fully saturated rings. The average Bonchev–Trinajstić information content (AvgIpc) is 2.74. The molecule has 0 heterocycles. The molecule has 0 radical (unpaired) electrons. The van der Waals surface area contributed by atoms with Crippen LogP contribution >= 0.6 is 15.9 Å². The Hall–Kier alpha value is -2.47. The monoisotopic (exact) mass is 428 g/mol. The fourth-order valence-electron chi connectivity index (χ4n) is 4.54. The van der Waals surface area contributed by atoms with E-state index in [1.54, 1.807) is 18.2 Å². The molecule has 6 heteroatoms. The number of carbonyl (C=O) groups is 3. The number of ketones is 1. The van der Waals surface area contributed by atoms with E-state index < -0.39 is 23.8 Å². The van der Waals surface area contributed by atoms with Gasteiger partial charge in [0.15, 0.2) is 5.78 Å². The third-order valence-corrected chi connectivity index (χ3v) is 6.17. The van der Waals surface area contributed by atoms with E-state index in [-0.39, 0.29) is 17.6 Å². The normalized spacial score (nSPS) is 25.2. The smallest absolute Gasteiger partial charge is 0.310 e. The zero-order valence-corrected chi connectivity index (χ0v) is 16.4. The molecule has 2 aromatic rings. The van der Waals surface area contributed by atoms with Gasteiger partial charge in [0.05, 0.1) is 26.1 Å². The lowest BCUT2D eigenvalue weighted by molar-refractivity contribution is -0.168. The van der Waals surface area contributed by atoms with Crippen LogP contribution in [0.15, 0.2) is 46.9 Å². The number of ether oxygens (including phenoxy) is 2. The predicted octanol–water partition coefficient (Wildman–Crippen LogP) is 3.45. The molecular weight excluding hydrogens is 412 g/mol. The minimum atomic E-state index is -0.689. The Bertz CT molecular complexity index is 967. The summed E-state index contributed by atoms with van der Waals surface area (Å²) in [4.78, 5) is 38.3. The fourth-order valence-corrected chi connectivity index (χ4v) is 4.90. The van der Waals surface area contributed by atoms with E-state index in [1.165, 1.54) is 14.2 Å². The van der Waals surface area contributed by atoms with Crippen molar-refractivity contribution in [1.82, 2.24) is 0 Å². The zero-order chi connectivity index (χ0) is 19.3. The lowest BCUT2D eigenvalue weighted by Crippen LogP contribution is -2.52. The lowest BCUT2D eigenvalue weighted by Gasteiger charge is -2.49. The third-order valence-electron chi connectivity index (χ3n) is 5.68. The van der Waals surface area contributed by atoms with Crippen LogP contribution < -0.4 is 0 Å². The number of fused-ring (bicyclic) bond motifs is 5. The molecule has 0 amide bonds. The van der Waals surface area contributed by atoms with Crippen molar-refractivity contribution in [2.75, 3.05) is 14.2 Å². The van der Waals surface area contributed by atoms with Gasteiger partial charge in [-0.3, -0.25) is 14.4 Å². The highest BCUT2D eigenvalue weighted by atomic mass is 79.9. The van der Waals surface area contributed by atoms with Gasteiger partial charge in [0.1, 0.15) is 0 Å². The largest absolute Gasteiger partial charge is 0.469 e. The first-order valence-corrected chi connectivity index (χ1v) is 9.37. The van der Waals surface area contributed by atoms with E-state index in [0.717, 1.165) is 15.6 Å². The summed E-state index contributed by atoms with van der Waals surface area (Å²) in [6.07, 6.45) is 0. The average molecular weight is 429 g/mol. The molecule has 0 N–H and O–H groups in total. The Morgan fingerprint density at radius 3 is 2.00 bits per heavy atom. The quantitative estimate of drug-likeness (QED) is 0.685. The second-order valence-electron chi connectivity index (χ2n) is 6.80. The van der Waals surface area contributed by atoms with E-state index in [9.17, 15) is 14.4 Å². The molecule has 0 aromatic heterocycles. The molecule has 4 rings (SSSR count). The number of methoxy groups -OCH3 is 2. The molecule has 0 spiro atoms. The number of halogens is 1. The first-order chi connectivity index (χ1) is 13.0. The van der Waals surface area contributed by atoms with Gasteiger partial charge in [-0.1, -0.05) is 46.3 Å². The molecule has 4 atom stereocenters. The minimum absolute atomic E-state index is 0.108. The van der Waals surface area contributed by atoms with Crippen LogP contribution in [-0.4, -0.2) is 31.9 Å². The topological polar surface area (TPSA) is 69.7 Å². The van der Waals surface area contributed by atoms with Crippen molar-refractivity contribution in [3.05, 3.63) is 69.2 Å². The standard InChI is InChI=1S/C21H17BrO5/c1-26-20(24)17-15-11-5-3-4-6-13(11)19(23)14-9-10(22)7-8-12(14)16(15)18(17)21(25)27-2/h3-9,15-18H,1-2H3/t15-,16+,17?,18?/m0/s1. The van der Waals surface area contributed by atoms with Crippen molar-refractivity contribution in [3.63, 3.8) is 0 Å². The molecule has 2 unspecified atom stereocenters. The molecule has 2 aromatic carbocycles. The van der Waals surface area contributed by atoms with Gasteiger partial charge in [0.2, 0.25) is 0 Å². The summed E-state index contributed by atoms with van der Waals surface area (Å²) in [5.74, 6) is -3.05. The van der Waals surface area contributed by atoms with Crippen molar-refractivity contribution >= 4 is 33.7 Å². The molecule has 2 aliphatic carbocycles. The summed E-state index contributed by atoms with van der Waals surface area (Å²) in [5, 5.41) is 0. The number of rotatable bonds is 2. The van der Waals surface area contributed by atoms with E-state index in [4.69, 9.17) is 9.47 Å². The Labute approximate surface area is 164 Å². The van der Waals surface area contributed by atoms with Crippen LogP contribution in [0.1, 0.15) is 38.9 Å². The summed E-state index contributed by atoms with van der Waals surface area (Å²) in [7, 11) is 2.62. The van der Waals surface area contributed by atoms with Crippen molar-refractivity contribution in [2.24, 2.45) is 11.8 Å². The fraction of sp³-hybridized carbons (Fsp3) is 0.286. The second-order valence-corrected chi connectivity index (χ2v) is 7.71. The molecular formula is C21H17BrO5. The van der Waals surface area contributed by atoms with E-state index >= 15 is 0 Å². The maximum atomic E-state index is 13.2. The molecule has 1 saturated carbocycles. The van der Waals surface area contributed by atoms with Gasteiger partial charge in [0.25, 0.3) is 0 Å². The summed E-state index contributed by atoms with van der Waals surface area (Å²) in [6, 6.07) is 12.7. The first-order valence-electron chi connectivity index (χ1n) is 8.58. The van der Waals surface area contributed by atoms with E-state index in [0.29, 0.717) is 11.1 Å². The van der Waals surface area contributed by atoms with Crippen LogP contribution in [-0.2, 0) is 19.1 Å². The summed E-state index contributed by atoms with van der Waals surface area (Å²) < 4.78 is 10.7. The Morgan fingerprint density at radius 1 is 0.852 bits per heavy atom. The Kier molecular flexibility index (Phi) is 4.38. The van der Waals surface area contributed by atoms with Crippen LogP contribution in [0.3, 0.4) is 0 Å². The predicted molar refractivity (Wildman–Crippen MR) is 101 cm³/mol. The van der Waals surface area contributed by atoms with Gasteiger partial charge in [-0.15, -0.1) is 0 Å². The van der Waals surface area contributed by atoms with Gasteiger partial charge in [-0.05, 0) is 23.3 Å². The number of hydrogen-bond donors (Lipinski definition) is 0. The molecule has 27 heavy (non-hydrogen) atoms. The van der Waals surface area contributed by atoms with Crippen molar-refractivity contribution in [3.8, 4) is 0 Å². The number of carbonyl (C=O) groups excluding carboxylic acids is 3. The molecule has 2 aliphatic rings. The van der Waals surface area contributed by atoms with Crippen LogP contribution in [0.2, 0.25) is 0 Å². The molecule has 0 saturated heterocycles. The number of esters is 2. The highest BCUT2D eigenvalue weighted by molar-refractivity contribution is 9.10. The highest BCUT2D eigenvalue weighted by Gasteiger charge is 2.61. The van der Waals surface area contributed by atoms with Crippen molar-refractivity contribution in [1.29, 1.82) is 0 Å². The summed E-state index contributed by atoms with van der Waals surface area (Å²) in [6.45, 7) is 0. The summed E-state index contributed by atoms with van der Waals surface area (Å²) >= 11 is 3.42. The van der Waals surface area contributed by atoms with Gasteiger partial charge in [-0.25, -0.2) is 0 Å². The maximum absolute atomic E-state index is 13.2. The van der Waals surface area contributed by atoms with Crippen molar-refractivity contribution in [2.45, 2.75) is 11.8 Å². The maximum Gasteiger partial charge on any atom is 0.310 e. The SMILES string of the molecule is COC(=O)C1C(C(=O)OC)[C@@H]2c3ccc(Br)cc3C(=O)c3ccccc3[C@H]12. The van der Waals surface area contributed by atoms with Gasteiger partial charge in [0, 0.05) is 27.4 Å². The Balaban J connectivity index is 1.99. The molecule has 5 nitrogen and oxygen atoms in total. The first kappa shape index (κ1) is 17.9. The van der Waals surface area contributed by atoms with Gasteiger partial charge in [-0.2, -0.15) is 0 Å². The molecule has 0 aliphatic heterocycles. The third kappa shape index (κ3) is 2.54. The van der Waals surface area contributed by atoms with Crippen LogP contribution in [0.5, 0.6) is 0 Å². The van der Waals surface area contributed by atoms with E-state index in [2.05, 4.69) is 15.9 Å². The van der Waals surface area contributed by atoms with Gasteiger partial charge >= 0.3 is 11.9 Å². The van der Waals surface area contributed by atoms with Crippen LogP contribution in [0.25, 0.3) is 0 Å². The van der Waals surface area contributed by atoms with Crippen molar-refractivity contribution < 1.29 is 23.9 Å². The molecule has 138 valence electrons. The number of benzene rings is 2. The lowest BCUT2D eigenvalue weighted by atomic mass is 9.52. The highest BCUT2D eigenvalue weighted by Crippen LogP contribution is 2.61. The second kappa shape index (κ2) is 6.60. The molecule has 0 bridgehead atoms. The van der Waals surface area contributed by atoms with Gasteiger partial charge < -0.3 is 9.47 Å². The van der Waals surface area contributed by atoms with Crippen LogP contribution in [0.4, 0.5) is 0 Å². The minimum Gasteiger partial charge on any atom is -0.469 e. The Morgan fingerprint density at radius 2 is 1.41 bits per heavy atom. The van der Waals surface area contributed by atoms with E-state index in [1.807, 2.05) is 24.3 Å². The van der Waals surface area contributed by atoms with Crippen LogP contribution in [0, 0.1) is 11.8 Å².